The summed E-state index contributed by atoms with van der Waals surface area (Å²) in [5, 5.41) is 11.5. The molecule has 8 heteroatoms. The molecule has 8 nitrogen and oxygen atoms in total. The number of pyridine rings is 2. The molecule has 4 rings (SSSR count). The predicted molar refractivity (Wildman–Crippen MR) is 151 cm³/mol. The monoisotopic (exact) mass is 495 g/mol. The number of anilines is 2. The van der Waals surface area contributed by atoms with E-state index in [0.717, 1.165) is 43.5 Å². The highest BCUT2D eigenvalue weighted by Crippen LogP contribution is 2.26. The van der Waals surface area contributed by atoms with Gasteiger partial charge in [-0.3, -0.25) is 14.5 Å². The topological polar surface area (TPSA) is 88.0 Å². The van der Waals surface area contributed by atoms with E-state index in [0.29, 0.717) is 12.1 Å². The van der Waals surface area contributed by atoms with Gasteiger partial charge in [-0.1, -0.05) is 34.1 Å². The molecule has 2 N–H and O–H groups in total. The first-order valence-corrected chi connectivity index (χ1v) is 13.3. The van der Waals surface area contributed by atoms with Crippen LogP contribution in [0.5, 0.6) is 0 Å². The van der Waals surface area contributed by atoms with E-state index in [-0.39, 0.29) is 11.4 Å². The zero-order valence-corrected chi connectivity index (χ0v) is 23.5. The molecule has 1 aliphatic heterocycles. The van der Waals surface area contributed by atoms with E-state index in [2.05, 4.69) is 64.4 Å². The lowest BCUT2D eigenvalue weighted by atomic mass is 9.99. The molecule has 3 aromatic rings. The van der Waals surface area contributed by atoms with Crippen molar-refractivity contribution in [2.24, 2.45) is 7.05 Å². The smallest absolute Gasteiger partial charge is 0.224 e. The Balaban J connectivity index is 0.000000239. The molecule has 1 saturated heterocycles. The molecule has 0 unspecified atom stereocenters. The average Bonchev–Trinajstić information content (AvgIpc) is 3.21. The molecule has 0 atom stereocenters. The summed E-state index contributed by atoms with van der Waals surface area (Å²) in [6.45, 7) is 18.1. The third-order valence-corrected chi connectivity index (χ3v) is 5.89. The Morgan fingerprint density at radius 1 is 1.19 bits per heavy atom. The summed E-state index contributed by atoms with van der Waals surface area (Å²) in [5.74, 6) is 0.0209. The number of fused-ring (bicyclic) bond motifs is 1. The Hall–Kier alpha value is -3.00. The van der Waals surface area contributed by atoms with Gasteiger partial charge in [0.05, 0.1) is 11.9 Å². The minimum atomic E-state index is 0.0209. The molecule has 3 aromatic heterocycles. The number of hydrogen-bond donors (Lipinski definition) is 2. The number of amides is 1. The van der Waals surface area contributed by atoms with Gasteiger partial charge in [-0.25, -0.2) is 4.98 Å². The van der Waals surface area contributed by atoms with Crippen molar-refractivity contribution in [2.45, 2.75) is 79.7 Å². The van der Waals surface area contributed by atoms with Crippen molar-refractivity contribution < 1.29 is 4.79 Å². The second kappa shape index (κ2) is 13.9. The Morgan fingerprint density at radius 3 is 2.61 bits per heavy atom. The number of hydrogen-bond acceptors (Lipinski definition) is 6. The standard InChI is InChI=1S/C15H25N3.C11H14N4O.C2H6/c1-5-6-13-12(2)16-8-7-14(13)18-10-9-17-15(3,4)11-18;1-3-4-10(16)13-9-5-8-7-15(2)14-11(8)12-6-9;1-2/h7-8,17H,5-6,9-11H2,1-4H3;5-7H,3-4H2,1-2H3,(H,13,16);1-2H3. The SMILES string of the molecule is CC.CCCC(=O)Nc1cnc2nn(C)cc2c1.CCCc1c(N2CCNC(C)(C)C2)ccnc1C. The van der Waals surface area contributed by atoms with Gasteiger partial charge >= 0.3 is 0 Å². The number of rotatable bonds is 6. The fraction of sp³-hybridized carbons (Fsp3) is 0.571. The van der Waals surface area contributed by atoms with Crippen molar-refractivity contribution in [3.63, 3.8) is 0 Å². The zero-order chi connectivity index (χ0) is 26.7. The first kappa shape index (κ1) is 29.2. The molecule has 0 aliphatic carbocycles. The van der Waals surface area contributed by atoms with Crippen LogP contribution in [0.25, 0.3) is 11.0 Å². The van der Waals surface area contributed by atoms with Crippen LogP contribution in [0, 0.1) is 6.92 Å². The number of carbonyl (C=O) groups excluding carboxylic acids is 1. The highest BCUT2D eigenvalue weighted by molar-refractivity contribution is 5.92. The first-order valence-electron chi connectivity index (χ1n) is 13.3. The summed E-state index contributed by atoms with van der Waals surface area (Å²) >= 11 is 0. The number of nitrogens with zero attached hydrogens (tertiary/aromatic N) is 5. The van der Waals surface area contributed by atoms with Crippen LogP contribution in [0.4, 0.5) is 11.4 Å². The summed E-state index contributed by atoms with van der Waals surface area (Å²) in [6.07, 6.45) is 9.12. The van der Waals surface area contributed by atoms with Crippen LogP contribution in [0.3, 0.4) is 0 Å². The minimum Gasteiger partial charge on any atom is -0.368 e. The lowest BCUT2D eigenvalue weighted by Crippen LogP contribution is -2.57. The lowest BCUT2D eigenvalue weighted by molar-refractivity contribution is -0.116. The number of aromatic nitrogens is 4. The summed E-state index contributed by atoms with van der Waals surface area (Å²) in [7, 11) is 1.84. The van der Waals surface area contributed by atoms with Crippen LogP contribution in [-0.4, -0.2) is 50.8 Å². The Morgan fingerprint density at radius 2 is 1.94 bits per heavy atom. The van der Waals surface area contributed by atoms with E-state index in [4.69, 9.17) is 0 Å². The summed E-state index contributed by atoms with van der Waals surface area (Å²) in [6, 6.07) is 4.06. The molecule has 0 saturated carbocycles. The number of aryl methyl sites for hydroxylation is 2. The van der Waals surface area contributed by atoms with Crippen LogP contribution in [0.1, 0.15) is 72.1 Å². The van der Waals surface area contributed by atoms with Crippen LogP contribution >= 0.6 is 0 Å². The first-order chi connectivity index (χ1) is 17.2. The molecule has 4 heterocycles. The summed E-state index contributed by atoms with van der Waals surface area (Å²) in [4.78, 5) is 22.5. The van der Waals surface area contributed by atoms with Crippen molar-refractivity contribution >= 4 is 28.3 Å². The fourth-order valence-corrected chi connectivity index (χ4v) is 4.34. The molecule has 36 heavy (non-hydrogen) atoms. The van der Waals surface area contributed by atoms with Gasteiger partial charge in [0.2, 0.25) is 5.91 Å². The molecule has 1 amide bonds. The molecule has 198 valence electrons. The average molecular weight is 496 g/mol. The second-order valence-electron chi connectivity index (χ2n) is 9.61. The highest BCUT2D eigenvalue weighted by Gasteiger charge is 2.27. The Labute approximate surface area is 216 Å². The maximum absolute atomic E-state index is 11.4. The third-order valence-electron chi connectivity index (χ3n) is 5.89. The normalized spacial score (nSPS) is 14.4. The molecule has 1 aliphatic rings. The van der Waals surface area contributed by atoms with Crippen molar-refractivity contribution in [3.8, 4) is 0 Å². The summed E-state index contributed by atoms with van der Waals surface area (Å²) in [5.41, 5.74) is 5.61. The fourth-order valence-electron chi connectivity index (χ4n) is 4.34. The van der Waals surface area contributed by atoms with Gasteiger partial charge < -0.3 is 15.5 Å². The lowest BCUT2D eigenvalue weighted by Gasteiger charge is -2.41. The van der Waals surface area contributed by atoms with Crippen LogP contribution in [0.2, 0.25) is 0 Å². The van der Waals surface area contributed by atoms with Gasteiger partial charge in [0.25, 0.3) is 0 Å². The molecule has 0 spiro atoms. The van der Waals surface area contributed by atoms with Crippen molar-refractivity contribution in [1.82, 2.24) is 25.1 Å². The molecular formula is C28H45N7O. The van der Waals surface area contributed by atoms with E-state index >= 15 is 0 Å². The second-order valence-corrected chi connectivity index (χ2v) is 9.61. The molecule has 0 aromatic carbocycles. The maximum Gasteiger partial charge on any atom is 0.224 e. The van der Waals surface area contributed by atoms with Crippen LogP contribution < -0.4 is 15.5 Å². The Bertz CT molecular complexity index is 1110. The quantitative estimate of drug-likeness (QED) is 0.485. The largest absolute Gasteiger partial charge is 0.368 e. The molecule has 0 bridgehead atoms. The minimum absolute atomic E-state index is 0.0209. The van der Waals surface area contributed by atoms with Gasteiger partial charge in [-0.2, -0.15) is 5.10 Å². The van der Waals surface area contributed by atoms with Gasteiger partial charge in [0.15, 0.2) is 5.65 Å². The van der Waals surface area contributed by atoms with E-state index in [1.807, 2.05) is 46.3 Å². The van der Waals surface area contributed by atoms with Gasteiger partial charge in [0, 0.05) is 67.8 Å². The van der Waals surface area contributed by atoms with Crippen molar-refractivity contribution in [3.05, 3.63) is 42.0 Å². The number of nitrogens with one attached hydrogen (secondary N) is 2. The van der Waals surface area contributed by atoms with Gasteiger partial charge in [-0.05, 0) is 51.3 Å². The van der Waals surface area contributed by atoms with E-state index < -0.39 is 0 Å². The van der Waals surface area contributed by atoms with Crippen molar-refractivity contribution in [1.29, 1.82) is 0 Å². The molecule has 1 fully saturated rings. The van der Waals surface area contributed by atoms with Crippen LogP contribution in [0.15, 0.2) is 30.7 Å². The predicted octanol–water partition coefficient (Wildman–Crippen LogP) is 5.26. The van der Waals surface area contributed by atoms with Gasteiger partial charge in [-0.15, -0.1) is 0 Å². The van der Waals surface area contributed by atoms with E-state index in [1.165, 1.54) is 23.4 Å². The molecular weight excluding hydrogens is 450 g/mol. The molecule has 0 radical (unpaired) electrons. The number of piperazine rings is 1. The Kier molecular flexibility index (Phi) is 11.3. The number of carbonyl (C=O) groups is 1. The third kappa shape index (κ3) is 8.29. The highest BCUT2D eigenvalue weighted by atomic mass is 16.1. The van der Waals surface area contributed by atoms with Gasteiger partial charge in [0.1, 0.15) is 0 Å². The van der Waals surface area contributed by atoms with E-state index in [9.17, 15) is 4.79 Å². The summed E-state index contributed by atoms with van der Waals surface area (Å²) < 4.78 is 1.70. The zero-order valence-electron chi connectivity index (χ0n) is 23.5. The maximum atomic E-state index is 11.4. The van der Waals surface area contributed by atoms with Crippen LogP contribution in [-0.2, 0) is 18.3 Å². The van der Waals surface area contributed by atoms with E-state index in [1.54, 1.807) is 10.9 Å². The van der Waals surface area contributed by atoms with Crippen molar-refractivity contribution in [2.75, 3.05) is 29.9 Å².